The summed E-state index contributed by atoms with van der Waals surface area (Å²) in [7, 11) is 0. The van der Waals surface area contributed by atoms with Crippen molar-refractivity contribution in [3.05, 3.63) is 77.3 Å². The Labute approximate surface area is 178 Å². The van der Waals surface area contributed by atoms with E-state index in [1.54, 1.807) is 42.5 Å². The van der Waals surface area contributed by atoms with Crippen LogP contribution < -0.4 is 10.1 Å². The first-order chi connectivity index (χ1) is 14.0. The highest BCUT2D eigenvalue weighted by Crippen LogP contribution is 2.31. The first-order valence-electron chi connectivity index (χ1n) is 9.19. The summed E-state index contributed by atoms with van der Waals surface area (Å²) in [5, 5.41) is 4.40. The van der Waals surface area contributed by atoms with Gasteiger partial charge in [-0.15, -0.1) is 11.3 Å². The maximum absolute atomic E-state index is 12.4. The third kappa shape index (κ3) is 4.58. The lowest BCUT2D eigenvalue weighted by atomic mass is 10.2. The van der Waals surface area contributed by atoms with E-state index < -0.39 is 6.10 Å². The summed E-state index contributed by atoms with van der Waals surface area (Å²) in [5.41, 5.74) is 3.95. The van der Waals surface area contributed by atoms with Gasteiger partial charge >= 0.3 is 0 Å². The molecule has 1 N–H and O–H groups in total. The first-order valence-corrected chi connectivity index (χ1v) is 10.4. The Balaban J connectivity index is 1.43. The average Bonchev–Trinajstić information content (AvgIpc) is 3.11. The number of thiazole rings is 1. The van der Waals surface area contributed by atoms with Gasteiger partial charge < -0.3 is 10.1 Å². The number of ether oxygens (including phenoxy) is 1. The number of anilines is 1. The Hall–Kier alpha value is -2.89. The number of rotatable bonds is 5. The lowest BCUT2D eigenvalue weighted by Gasteiger charge is -2.15. The van der Waals surface area contributed by atoms with Gasteiger partial charge in [0.15, 0.2) is 6.10 Å². The SMILES string of the molecule is Cc1ccc2nc(-c3ccc(NC(=O)C(C)Oc4cccc(Cl)c4)cc3)sc2c1. The van der Waals surface area contributed by atoms with Gasteiger partial charge in [-0.1, -0.05) is 23.7 Å². The number of carbonyl (C=O) groups excluding carboxylic acids is 1. The van der Waals surface area contributed by atoms with E-state index in [2.05, 4.69) is 24.4 Å². The van der Waals surface area contributed by atoms with Crippen molar-refractivity contribution in [1.29, 1.82) is 0 Å². The lowest BCUT2D eigenvalue weighted by Crippen LogP contribution is -2.30. The minimum absolute atomic E-state index is 0.229. The van der Waals surface area contributed by atoms with Gasteiger partial charge in [-0.05, 0) is 74.0 Å². The van der Waals surface area contributed by atoms with Crippen LogP contribution in [0.4, 0.5) is 5.69 Å². The van der Waals surface area contributed by atoms with Gasteiger partial charge in [0.2, 0.25) is 0 Å². The molecule has 4 aromatic rings. The van der Waals surface area contributed by atoms with Crippen LogP contribution in [0.25, 0.3) is 20.8 Å². The molecule has 0 radical (unpaired) electrons. The van der Waals surface area contributed by atoms with Gasteiger partial charge in [0.25, 0.3) is 5.91 Å². The highest BCUT2D eigenvalue weighted by Gasteiger charge is 2.15. The van der Waals surface area contributed by atoms with Crippen LogP contribution in [0.1, 0.15) is 12.5 Å². The summed E-state index contributed by atoms with van der Waals surface area (Å²) in [6, 6.07) is 20.9. The van der Waals surface area contributed by atoms with E-state index in [0.717, 1.165) is 16.1 Å². The van der Waals surface area contributed by atoms with E-state index in [1.807, 2.05) is 30.3 Å². The number of fused-ring (bicyclic) bond motifs is 1. The molecule has 4 nitrogen and oxygen atoms in total. The molecular formula is C23H19ClN2O2S. The average molecular weight is 423 g/mol. The minimum atomic E-state index is -0.652. The fraction of sp³-hybridized carbons (Fsp3) is 0.130. The Kier molecular flexibility index (Phi) is 5.51. The van der Waals surface area contributed by atoms with Crippen LogP contribution in [0.5, 0.6) is 5.75 Å². The number of carbonyl (C=O) groups is 1. The molecule has 0 aliphatic heterocycles. The standard InChI is InChI=1S/C23H19ClN2O2S/c1-14-6-11-20-21(12-14)29-23(26-20)16-7-9-18(10-8-16)25-22(27)15(2)28-19-5-3-4-17(24)13-19/h3-13,15H,1-2H3,(H,25,27). The molecule has 0 saturated heterocycles. The normalized spacial score (nSPS) is 12.0. The molecule has 6 heteroatoms. The molecule has 0 aliphatic rings. The summed E-state index contributed by atoms with van der Waals surface area (Å²) in [5.74, 6) is 0.328. The maximum atomic E-state index is 12.4. The van der Waals surface area contributed by atoms with Crippen molar-refractivity contribution < 1.29 is 9.53 Å². The molecule has 1 amide bonds. The number of hydrogen-bond donors (Lipinski definition) is 1. The predicted octanol–water partition coefficient (Wildman–Crippen LogP) is 6.33. The molecule has 0 saturated carbocycles. The van der Waals surface area contributed by atoms with Crippen LogP contribution in [0.3, 0.4) is 0 Å². The van der Waals surface area contributed by atoms with Gasteiger partial charge in [-0.25, -0.2) is 4.98 Å². The van der Waals surface area contributed by atoms with Crippen molar-refractivity contribution in [1.82, 2.24) is 4.98 Å². The van der Waals surface area contributed by atoms with Crippen LogP contribution in [-0.4, -0.2) is 17.0 Å². The molecule has 0 aliphatic carbocycles. The molecule has 146 valence electrons. The number of nitrogens with zero attached hydrogens (tertiary/aromatic N) is 1. The van der Waals surface area contributed by atoms with Crippen molar-refractivity contribution in [3.63, 3.8) is 0 Å². The van der Waals surface area contributed by atoms with E-state index >= 15 is 0 Å². The van der Waals surface area contributed by atoms with Gasteiger partial charge in [-0.2, -0.15) is 0 Å². The second-order valence-electron chi connectivity index (χ2n) is 6.77. The summed E-state index contributed by atoms with van der Waals surface area (Å²) in [6.07, 6.45) is -0.652. The Morgan fingerprint density at radius 3 is 2.66 bits per heavy atom. The zero-order valence-corrected chi connectivity index (χ0v) is 17.6. The highest BCUT2D eigenvalue weighted by atomic mass is 35.5. The Morgan fingerprint density at radius 2 is 1.90 bits per heavy atom. The molecule has 1 heterocycles. The molecule has 1 unspecified atom stereocenters. The molecule has 4 rings (SSSR count). The smallest absolute Gasteiger partial charge is 0.265 e. The third-order valence-corrected chi connectivity index (χ3v) is 5.72. The second-order valence-corrected chi connectivity index (χ2v) is 8.24. The first kappa shape index (κ1) is 19.4. The third-order valence-electron chi connectivity index (χ3n) is 4.42. The number of benzene rings is 3. The van der Waals surface area contributed by atoms with Gasteiger partial charge in [0, 0.05) is 16.3 Å². The summed E-state index contributed by atoms with van der Waals surface area (Å²) in [6.45, 7) is 3.78. The van der Waals surface area contributed by atoms with Crippen LogP contribution >= 0.6 is 22.9 Å². The van der Waals surface area contributed by atoms with Crippen molar-refractivity contribution >= 4 is 44.7 Å². The molecular weight excluding hydrogens is 404 g/mol. The molecule has 1 atom stereocenters. The number of halogens is 1. The summed E-state index contributed by atoms with van der Waals surface area (Å²) >= 11 is 7.61. The molecule has 0 spiro atoms. The van der Waals surface area contributed by atoms with Crippen molar-refractivity contribution in [2.75, 3.05) is 5.32 Å². The number of amides is 1. The molecule has 0 fully saturated rings. The Bertz CT molecular complexity index is 1170. The van der Waals surface area contributed by atoms with Gasteiger partial charge in [-0.3, -0.25) is 4.79 Å². The molecule has 0 bridgehead atoms. The number of hydrogen-bond acceptors (Lipinski definition) is 4. The predicted molar refractivity (Wildman–Crippen MR) is 120 cm³/mol. The van der Waals surface area contributed by atoms with Gasteiger partial charge in [0.1, 0.15) is 10.8 Å². The van der Waals surface area contributed by atoms with Gasteiger partial charge in [0.05, 0.1) is 10.2 Å². The molecule has 3 aromatic carbocycles. The van der Waals surface area contributed by atoms with Crippen molar-refractivity contribution in [2.24, 2.45) is 0 Å². The lowest BCUT2D eigenvalue weighted by molar-refractivity contribution is -0.122. The minimum Gasteiger partial charge on any atom is -0.481 e. The van der Waals surface area contributed by atoms with Crippen molar-refractivity contribution in [2.45, 2.75) is 20.0 Å². The Morgan fingerprint density at radius 1 is 1.10 bits per heavy atom. The fourth-order valence-corrected chi connectivity index (χ4v) is 4.14. The van der Waals surface area contributed by atoms with E-state index in [4.69, 9.17) is 21.3 Å². The number of aryl methyl sites for hydroxylation is 1. The number of nitrogens with one attached hydrogen (secondary N) is 1. The second kappa shape index (κ2) is 8.23. The quantitative estimate of drug-likeness (QED) is 0.408. The zero-order chi connectivity index (χ0) is 20.4. The summed E-state index contributed by atoms with van der Waals surface area (Å²) < 4.78 is 6.83. The zero-order valence-electron chi connectivity index (χ0n) is 16.0. The maximum Gasteiger partial charge on any atom is 0.265 e. The topological polar surface area (TPSA) is 51.2 Å². The van der Waals surface area contributed by atoms with Crippen LogP contribution in [0, 0.1) is 6.92 Å². The largest absolute Gasteiger partial charge is 0.481 e. The highest BCUT2D eigenvalue weighted by molar-refractivity contribution is 7.21. The molecule has 1 aromatic heterocycles. The van der Waals surface area contributed by atoms with E-state index in [1.165, 1.54) is 10.3 Å². The van der Waals surface area contributed by atoms with Crippen LogP contribution in [0.15, 0.2) is 66.7 Å². The number of aromatic nitrogens is 1. The summed E-state index contributed by atoms with van der Waals surface area (Å²) in [4.78, 5) is 17.1. The van der Waals surface area contributed by atoms with Crippen LogP contribution in [-0.2, 0) is 4.79 Å². The van der Waals surface area contributed by atoms with E-state index in [9.17, 15) is 4.79 Å². The van der Waals surface area contributed by atoms with Crippen LogP contribution in [0.2, 0.25) is 5.02 Å². The monoisotopic (exact) mass is 422 g/mol. The fourth-order valence-electron chi connectivity index (χ4n) is 2.89. The molecule has 29 heavy (non-hydrogen) atoms. The van der Waals surface area contributed by atoms with Crippen molar-refractivity contribution in [3.8, 4) is 16.3 Å². The van der Waals surface area contributed by atoms with E-state index in [-0.39, 0.29) is 5.91 Å². The van der Waals surface area contributed by atoms with E-state index in [0.29, 0.717) is 16.5 Å².